The highest BCUT2D eigenvalue weighted by Crippen LogP contribution is 2.25. The van der Waals surface area contributed by atoms with Crippen molar-refractivity contribution in [2.45, 2.75) is 6.54 Å². The Hall–Kier alpha value is -3.51. The first-order chi connectivity index (χ1) is 10.1. The van der Waals surface area contributed by atoms with Crippen LogP contribution in [0.15, 0.2) is 9.26 Å². The molecule has 0 aliphatic carbocycles. The number of hydrogen-bond acceptors (Lipinski definition) is 11. The molecule has 13 nitrogen and oxygen atoms in total. The van der Waals surface area contributed by atoms with Crippen LogP contribution in [0.2, 0.25) is 0 Å². The van der Waals surface area contributed by atoms with Gasteiger partial charge < -0.3 is 16.6 Å². The zero-order valence-corrected chi connectivity index (χ0v) is 10.2. The number of carbonyl (C=O) groups is 1. The van der Waals surface area contributed by atoms with Gasteiger partial charge in [0.2, 0.25) is 5.82 Å². The van der Waals surface area contributed by atoms with Gasteiger partial charge in [-0.15, -0.1) is 5.10 Å². The second-order valence-electron chi connectivity index (χ2n) is 3.81. The summed E-state index contributed by atoms with van der Waals surface area (Å²) in [5.41, 5.74) is 11.2. The van der Waals surface area contributed by atoms with Crippen LogP contribution in [0.25, 0.3) is 23.0 Å². The Morgan fingerprint density at radius 1 is 1.10 bits per heavy atom. The monoisotopic (exact) mass is 293 g/mol. The van der Waals surface area contributed by atoms with Gasteiger partial charge in [-0.1, -0.05) is 0 Å². The van der Waals surface area contributed by atoms with E-state index in [1.807, 2.05) is 0 Å². The van der Waals surface area contributed by atoms with Gasteiger partial charge in [-0.25, -0.2) is 18.9 Å². The van der Waals surface area contributed by atoms with E-state index >= 15 is 0 Å². The summed E-state index contributed by atoms with van der Waals surface area (Å²) >= 11 is 0. The number of aromatic nitrogens is 7. The van der Waals surface area contributed by atoms with Crippen molar-refractivity contribution in [2.24, 2.45) is 0 Å². The van der Waals surface area contributed by atoms with Crippen molar-refractivity contribution in [1.82, 2.24) is 35.4 Å². The molecule has 0 radical (unpaired) electrons. The zero-order chi connectivity index (χ0) is 15.0. The summed E-state index contributed by atoms with van der Waals surface area (Å²) in [6, 6.07) is 0. The molecule has 0 spiro atoms. The largest absolute Gasteiger partial charge is 0.480 e. The summed E-state index contributed by atoms with van der Waals surface area (Å²) in [7, 11) is 0. The van der Waals surface area contributed by atoms with Crippen molar-refractivity contribution in [3.63, 3.8) is 0 Å². The molecule has 0 fully saturated rings. The molecule has 3 rings (SSSR count). The van der Waals surface area contributed by atoms with Gasteiger partial charge in [-0.2, -0.15) is 0 Å². The van der Waals surface area contributed by atoms with E-state index in [0.717, 1.165) is 4.68 Å². The van der Waals surface area contributed by atoms with Gasteiger partial charge in [-0.3, -0.25) is 4.79 Å². The normalized spacial score (nSPS) is 10.9. The highest BCUT2D eigenvalue weighted by molar-refractivity contribution is 5.71. The predicted molar refractivity (Wildman–Crippen MR) is 63.1 cm³/mol. The van der Waals surface area contributed by atoms with Crippen LogP contribution in [0.4, 0.5) is 11.6 Å². The van der Waals surface area contributed by atoms with Crippen molar-refractivity contribution in [2.75, 3.05) is 11.5 Å². The highest BCUT2D eigenvalue weighted by atomic mass is 16.6. The maximum absolute atomic E-state index is 10.9. The van der Waals surface area contributed by atoms with E-state index in [1.165, 1.54) is 0 Å². The molecule has 13 heteroatoms. The Morgan fingerprint density at radius 2 is 1.71 bits per heavy atom. The van der Waals surface area contributed by atoms with Crippen LogP contribution in [0, 0.1) is 0 Å². The van der Waals surface area contributed by atoms with E-state index in [-0.39, 0.29) is 34.7 Å². The minimum absolute atomic E-state index is 0.00685. The standard InChI is InChI=1S/C8H7N9O4/c9-5-3(13-20-15-5)7-11-8(4-6(10)16-21-14-4)17(12-7)1-2(18)19/h1H2,(H2,9,15)(H2,10,16)(H,18,19). The molecule has 0 bridgehead atoms. The Labute approximate surface area is 114 Å². The number of rotatable bonds is 4. The van der Waals surface area contributed by atoms with Crippen LogP contribution in [-0.2, 0) is 11.3 Å². The number of carboxylic acid groups (broad SMARTS) is 1. The van der Waals surface area contributed by atoms with E-state index in [9.17, 15) is 4.79 Å². The Morgan fingerprint density at radius 3 is 2.24 bits per heavy atom. The lowest BCUT2D eigenvalue weighted by molar-refractivity contribution is -0.137. The van der Waals surface area contributed by atoms with Crippen LogP contribution >= 0.6 is 0 Å². The van der Waals surface area contributed by atoms with Gasteiger partial charge in [0.15, 0.2) is 28.8 Å². The fraction of sp³-hybridized carbons (Fsp3) is 0.125. The van der Waals surface area contributed by atoms with Crippen LogP contribution in [-0.4, -0.2) is 46.5 Å². The van der Waals surface area contributed by atoms with E-state index in [0.29, 0.717) is 0 Å². The highest BCUT2D eigenvalue weighted by Gasteiger charge is 2.23. The molecule has 108 valence electrons. The zero-order valence-electron chi connectivity index (χ0n) is 10.2. The quantitative estimate of drug-likeness (QED) is 0.510. The molecule has 5 N–H and O–H groups in total. The molecular weight excluding hydrogens is 286 g/mol. The summed E-state index contributed by atoms with van der Waals surface area (Å²) in [5.74, 6) is -1.21. The molecule has 0 saturated carbocycles. The van der Waals surface area contributed by atoms with E-state index in [4.69, 9.17) is 16.6 Å². The molecule has 3 heterocycles. The smallest absolute Gasteiger partial charge is 0.325 e. The van der Waals surface area contributed by atoms with Crippen LogP contribution in [0.3, 0.4) is 0 Å². The fourth-order valence-electron chi connectivity index (χ4n) is 1.56. The molecule has 3 aromatic rings. The third kappa shape index (κ3) is 2.11. The maximum Gasteiger partial charge on any atom is 0.325 e. The molecule has 0 aliphatic rings. The van der Waals surface area contributed by atoms with Crippen molar-refractivity contribution in [3.05, 3.63) is 0 Å². The van der Waals surface area contributed by atoms with Gasteiger partial charge in [0.05, 0.1) is 0 Å². The summed E-state index contributed by atoms with van der Waals surface area (Å²) in [6.07, 6.45) is 0. The summed E-state index contributed by atoms with van der Waals surface area (Å²) in [6.45, 7) is -0.486. The van der Waals surface area contributed by atoms with Crippen molar-refractivity contribution in [1.29, 1.82) is 0 Å². The second kappa shape index (κ2) is 4.55. The molecule has 3 aromatic heterocycles. The lowest BCUT2D eigenvalue weighted by Crippen LogP contribution is -2.12. The van der Waals surface area contributed by atoms with E-state index in [1.54, 1.807) is 0 Å². The van der Waals surface area contributed by atoms with Crippen LogP contribution in [0.5, 0.6) is 0 Å². The number of aliphatic carboxylic acids is 1. The summed E-state index contributed by atoms with van der Waals surface area (Å²) < 4.78 is 9.94. The first-order valence-corrected chi connectivity index (χ1v) is 5.39. The van der Waals surface area contributed by atoms with Crippen molar-refractivity contribution < 1.29 is 19.2 Å². The second-order valence-corrected chi connectivity index (χ2v) is 3.81. The Balaban J connectivity index is 2.14. The molecule has 0 aliphatic heterocycles. The minimum Gasteiger partial charge on any atom is -0.480 e. The number of carboxylic acids is 1. The number of nitrogens with zero attached hydrogens (tertiary/aromatic N) is 7. The third-order valence-electron chi connectivity index (χ3n) is 2.41. The molecule has 21 heavy (non-hydrogen) atoms. The fourth-order valence-corrected chi connectivity index (χ4v) is 1.56. The number of hydrogen-bond donors (Lipinski definition) is 3. The Kier molecular flexibility index (Phi) is 2.71. The van der Waals surface area contributed by atoms with Gasteiger partial charge in [0.25, 0.3) is 0 Å². The SMILES string of the molecule is Nc1nonc1-c1nc(-c2nonc2N)n(CC(=O)O)n1. The molecule has 0 atom stereocenters. The minimum atomic E-state index is -1.14. The first kappa shape index (κ1) is 12.5. The van der Waals surface area contributed by atoms with Crippen LogP contribution < -0.4 is 11.5 Å². The van der Waals surface area contributed by atoms with Crippen molar-refractivity contribution >= 4 is 17.6 Å². The maximum atomic E-state index is 10.9. The lowest BCUT2D eigenvalue weighted by Gasteiger charge is -1.98. The molecule has 0 amide bonds. The Bertz CT molecular complexity index is 802. The summed E-state index contributed by atoms with van der Waals surface area (Å²) in [4.78, 5) is 15.0. The van der Waals surface area contributed by atoms with E-state index < -0.39 is 12.5 Å². The summed E-state index contributed by atoms with van der Waals surface area (Å²) in [5, 5.41) is 26.7. The first-order valence-electron chi connectivity index (χ1n) is 5.39. The van der Waals surface area contributed by atoms with E-state index in [2.05, 4.69) is 40.0 Å². The number of nitrogens with two attached hydrogens (primary N) is 2. The van der Waals surface area contributed by atoms with Crippen LogP contribution in [0.1, 0.15) is 0 Å². The molecule has 0 unspecified atom stereocenters. The van der Waals surface area contributed by atoms with Crippen molar-refractivity contribution in [3.8, 4) is 23.0 Å². The van der Waals surface area contributed by atoms with Gasteiger partial charge >= 0.3 is 5.97 Å². The number of anilines is 2. The third-order valence-corrected chi connectivity index (χ3v) is 2.41. The topological polar surface area (TPSA) is 198 Å². The molecule has 0 aromatic carbocycles. The predicted octanol–water partition coefficient (Wildman–Crippen LogP) is -1.37. The van der Waals surface area contributed by atoms with Gasteiger partial charge in [0.1, 0.15) is 6.54 Å². The molecule has 0 saturated heterocycles. The average molecular weight is 293 g/mol. The van der Waals surface area contributed by atoms with Gasteiger partial charge in [0, 0.05) is 0 Å². The average Bonchev–Trinajstić information content (AvgIpc) is 3.09. The van der Waals surface area contributed by atoms with Gasteiger partial charge in [-0.05, 0) is 20.6 Å². The lowest BCUT2D eigenvalue weighted by atomic mass is 10.4. The molecular formula is C8H7N9O4. The number of nitrogen functional groups attached to an aromatic ring is 2.